The number of pyridine rings is 1. The van der Waals surface area contributed by atoms with Crippen LogP contribution >= 0.6 is 23.2 Å². The molecule has 8 nitrogen and oxygen atoms in total. The number of methoxy groups -OCH3 is 1. The molecule has 0 aliphatic carbocycles. The lowest BCUT2D eigenvalue weighted by Crippen LogP contribution is -2.35. The van der Waals surface area contributed by atoms with E-state index in [9.17, 15) is 9.59 Å². The monoisotopic (exact) mass is 476 g/mol. The minimum Gasteiger partial charge on any atom is -0.489 e. The largest absolute Gasteiger partial charge is 0.489 e. The van der Waals surface area contributed by atoms with E-state index in [0.717, 1.165) is 0 Å². The third-order valence-corrected chi connectivity index (χ3v) is 5.50. The topological polar surface area (TPSA) is 86.5 Å². The van der Waals surface area contributed by atoms with E-state index in [1.165, 1.54) is 18.7 Å². The van der Waals surface area contributed by atoms with Crippen LogP contribution in [0.1, 0.15) is 34.7 Å². The van der Waals surface area contributed by atoms with E-state index in [4.69, 9.17) is 32.7 Å². The molecule has 0 radical (unpaired) electrons. The molecule has 0 aliphatic heterocycles. The van der Waals surface area contributed by atoms with Crippen LogP contribution in [0.15, 0.2) is 47.4 Å². The molecular formula is C22H22Cl2N4O4. The molecule has 0 saturated heterocycles. The Balaban J connectivity index is 2.27. The summed E-state index contributed by atoms with van der Waals surface area (Å²) in [5.41, 5.74) is 0.439. The number of ether oxygens (including phenoxy) is 2. The predicted octanol–water partition coefficient (Wildman–Crippen LogP) is 3.89. The van der Waals surface area contributed by atoms with Gasteiger partial charge >= 0.3 is 5.97 Å². The van der Waals surface area contributed by atoms with Crippen molar-refractivity contribution in [3.8, 4) is 5.75 Å². The third kappa shape index (κ3) is 4.42. The molecule has 2 aromatic heterocycles. The Morgan fingerprint density at radius 1 is 1.19 bits per heavy atom. The molecule has 32 heavy (non-hydrogen) atoms. The van der Waals surface area contributed by atoms with Crippen molar-refractivity contribution >= 4 is 35.1 Å². The highest BCUT2D eigenvalue weighted by Crippen LogP contribution is 2.38. The van der Waals surface area contributed by atoms with Crippen LogP contribution in [0.4, 0.5) is 5.95 Å². The molecule has 0 N–H and O–H groups in total. The van der Waals surface area contributed by atoms with Crippen LogP contribution in [0.3, 0.4) is 0 Å². The SMILES string of the molecule is CCOC(=O)c1nc(N(C)C(c2ccccn2)c2c(Cl)cccc2Cl)n(C)c(=O)c1OC. The van der Waals surface area contributed by atoms with E-state index in [-0.39, 0.29) is 24.0 Å². The second kappa shape index (κ2) is 10.0. The zero-order chi connectivity index (χ0) is 23.4. The number of benzene rings is 1. The Morgan fingerprint density at radius 2 is 1.88 bits per heavy atom. The van der Waals surface area contributed by atoms with Crippen LogP contribution in [0.5, 0.6) is 5.75 Å². The van der Waals surface area contributed by atoms with Gasteiger partial charge in [-0.1, -0.05) is 35.3 Å². The van der Waals surface area contributed by atoms with E-state index < -0.39 is 17.6 Å². The summed E-state index contributed by atoms with van der Waals surface area (Å²) >= 11 is 13.1. The van der Waals surface area contributed by atoms with Crippen LogP contribution in [0.2, 0.25) is 10.0 Å². The number of hydrogen-bond acceptors (Lipinski definition) is 7. The minimum atomic E-state index is -0.762. The number of rotatable bonds is 7. The van der Waals surface area contributed by atoms with E-state index in [1.807, 2.05) is 12.1 Å². The fourth-order valence-corrected chi connectivity index (χ4v) is 3.98. The van der Waals surface area contributed by atoms with Crippen molar-refractivity contribution < 1.29 is 14.3 Å². The van der Waals surface area contributed by atoms with Crippen molar-refractivity contribution in [2.24, 2.45) is 7.05 Å². The average Bonchev–Trinajstić information content (AvgIpc) is 2.78. The number of hydrogen-bond donors (Lipinski definition) is 0. The number of esters is 1. The van der Waals surface area contributed by atoms with E-state index in [0.29, 0.717) is 21.3 Å². The number of carbonyl (C=O) groups excluding carboxylic acids is 1. The highest BCUT2D eigenvalue weighted by atomic mass is 35.5. The second-order valence-electron chi connectivity index (χ2n) is 6.78. The summed E-state index contributed by atoms with van der Waals surface area (Å²) in [5, 5.41) is 0.841. The number of nitrogens with zero attached hydrogens (tertiary/aromatic N) is 4. The van der Waals surface area contributed by atoms with Gasteiger partial charge in [0.05, 0.1) is 19.4 Å². The Kier molecular flexibility index (Phi) is 7.37. The molecule has 1 aromatic carbocycles. The number of halogens is 2. The predicted molar refractivity (Wildman–Crippen MR) is 123 cm³/mol. The summed E-state index contributed by atoms with van der Waals surface area (Å²) in [6, 6.07) is 10.00. The van der Waals surface area contributed by atoms with Gasteiger partial charge in [0.25, 0.3) is 5.56 Å². The molecule has 3 aromatic rings. The summed E-state index contributed by atoms with van der Waals surface area (Å²) in [6.07, 6.45) is 1.64. The van der Waals surface area contributed by atoms with Crippen LogP contribution in [0.25, 0.3) is 0 Å². The number of anilines is 1. The first-order valence-electron chi connectivity index (χ1n) is 9.71. The zero-order valence-electron chi connectivity index (χ0n) is 18.0. The van der Waals surface area contributed by atoms with Gasteiger partial charge in [0.2, 0.25) is 11.7 Å². The fraction of sp³-hybridized carbons (Fsp3) is 0.273. The Bertz CT molecular complexity index is 1160. The lowest BCUT2D eigenvalue weighted by Gasteiger charge is -2.31. The molecular weight excluding hydrogens is 455 g/mol. The summed E-state index contributed by atoms with van der Waals surface area (Å²) in [7, 11) is 4.54. The lowest BCUT2D eigenvalue weighted by molar-refractivity contribution is 0.0514. The third-order valence-electron chi connectivity index (χ3n) is 4.84. The summed E-state index contributed by atoms with van der Waals surface area (Å²) in [5.74, 6) is -0.791. The van der Waals surface area contributed by atoms with Crippen molar-refractivity contribution in [2.45, 2.75) is 13.0 Å². The van der Waals surface area contributed by atoms with Gasteiger partial charge in [-0.15, -0.1) is 0 Å². The van der Waals surface area contributed by atoms with Gasteiger partial charge in [-0.3, -0.25) is 14.3 Å². The minimum absolute atomic E-state index is 0.121. The van der Waals surface area contributed by atoms with Crippen molar-refractivity contribution in [3.63, 3.8) is 0 Å². The Morgan fingerprint density at radius 3 is 2.44 bits per heavy atom. The summed E-state index contributed by atoms with van der Waals surface area (Å²) in [6.45, 7) is 1.78. The van der Waals surface area contributed by atoms with E-state index in [2.05, 4.69) is 9.97 Å². The van der Waals surface area contributed by atoms with Gasteiger partial charge in [-0.25, -0.2) is 9.78 Å². The molecule has 0 fully saturated rings. The van der Waals surface area contributed by atoms with Crippen LogP contribution in [-0.4, -0.2) is 41.3 Å². The normalized spacial score (nSPS) is 11.7. The van der Waals surface area contributed by atoms with Gasteiger partial charge in [-0.2, -0.15) is 0 Å². The maximum atomic E-state index is 13.0. The smallest absolute Gasteiger partial charge is 0.361 e. The van der Waals surface area contributed by atoms with Crippen LogP contribution in [0, 0.1) is 0 Å². The van der Waals surface area contributed by atoms with Crippen LogP contribution in [-0.2, 0) is 11.8 Å². The van der Waals surface area contributed by atoms with Crippen molar-refractivity contribution in [1.82, 2.24) is 14.5 Å². The maximum Gasteiger partial charge on any atom is 0.361 e. The maximum absolute atomic E-state index is 13.0. The molecule has 0 spiro atoms. The van der Waals surface area contributed by atoms with Crippen molar-refractivity contribution in [2.75, 3.05) is 25.7 Å². The molecule has 0 bridgehead atoms. The molecule has 168 valence electrons. The number of aromatic nitrogens is 3. The molecule has 2 heterocycles. The van der Waals surface area contributed by atoms with Gasteiger partial charge in [0.15, 0.2) is 5.69 Å². The van der Waals surface area contributed by atoms with Crippen molar-refractivity contribution in [3.05, 3.63) is 79.9 Å². The first-order valence-corrected chi connectivity index (χ1v) is 10.5. The van der Waals surface area contributed by atoms with Crippen LogP contribution < -0.4 is 15.2 Å². The Labute approximate surface area is 195 Å². The van der Waals surface area contributed by atoms with Gasteiger partial charge in [0, 0.05) is 35.9 Å². The summed E-state index contributed by atoms with van der Waals surface area (Å²) < 4.78 is 11.5. The fourth-order valence-electron chi connectivity index (χ4n) is 3.37. The number of carbonyl (C=O) groups is 1. The van der Waals surface area contributed by atoms with Crippen molar-refractivity contribution in [1.29, 1.82) is 0 Å². The molecule has 0 saturated carbocycles. The quantitative estimate of drug-likeness (QED) is 0.477. The second-order valence-corrected chi connectivity index (χ2v) is 7.60. The van der Waals surface area contributed by atoms with Gasteiger partial charge in [-0.05, 0) is 31.2 Å². The molecule has 10 heteroatoms. The average molecular weight is 477 g/mol. The molecule has 1 unspecified atom stereocenters. The standard InChI is InChI=1S/C22H22Cl2N4O4/c1-5-32-21(30)17-19(31-4)20(29)28(3)22(26-17)27(2)18(15-11-6-7-12-25-15)16-13(23)9-8-10-14(16)24/h6-12,18H,5H2,1-4H3. The highest BCUT2D eigenvalue weighted by molar-refractivity contribution is 6.36. The Hall–Kier alpha value is -3.10. The van der Waals surface area contributed by atoms with E-state index >= 15 is 0 Å². The molecule has 0 amide bonds. The molecule has 1 atom stereocenters. The molecule has 3 rings (SSSR count). The van der Waals surface area contributed by atoms with E-state index in [1.54, 1.807) is 49.3 Å². The van der Waals surface area contributed by atoms with Gasteiger partial charge < -0.3 is 14.4 Å². The first-order chi connectivity index (χ1) is 15.3. The van der Waals surface area contributed by atoms with Gasteiger partial charge in [0.1, 0.15) is 6.04 Å². The first kappa shape index (κ1) is 23.6. The lowest BCUT2D eigenvalue weighted by atomic mass is 10.0. The zero-order valence-corrected chi connectivity index (χ0v) is 19.5. The highest BCUT2D eigenvalue weighted by Gasteiger charge is 2.30. The molecule has 0 aliphatic rings. The summed E-state index contributed by atoms with van der Waals surface area (Å²) in [4.78, 5) is 36.0.